The number of carbonyl (C=O) groups excluding carboxylic acids is 2. The first-order valence-corrected chi connectivity index (χ1v) is 17.1. The van der Waals surface area contributed by atoms with Crippen LogP contribution >= 0.6 is 45.2 Å². The smallest absolute Gasteiger partial charge is 0.277 e. The number of rotatable bonds is 13. The van der Waals surface area contributed by atoms with Gasteiger partial charge >= 0.3 is 0 Å². The molecule has 0 heterocycles. The van der Waals surface area contributed by atoms with E-state index in [1.54, 1.807) is 6.92 Å². The zero-order valence-corrected chi connectivity index (χ0v) is 31.5. The number of halogens is 10. The zero-order chi connectivity index (χ0) is 39.6. The number of benzene rings is 4. The summed E-state index contributed by atoms with van der Waals surface area (Å²) in [4.78, 5) is 33.7. The fraction of sp³-hybridized carbons (Fsp3) is 0.212. The van der Waals surface area contributed by atoms with Crippen LogP contribution < -0.4 is 21.6 Å². The Bertz CT molecular complexity index is 1960. The molecule has 4 aromatic carbocycles. The maximum Gasteiger partial charge on any atom is 0.277 e. The Balaban J connectivity index is 0.000000286. The van der Waals surface area contributed by atoms with Crippen molar-refractivity contribution >= 4 is 79.7 Å². The van der Waals surface area contributed by atoms with Crippen LogP contribution in [-0.4, -0.2) is 47.4 Å². The highest BCUT2D eigenvalue weighted by molar-refractivity contribution is 14.1. The molecule has 0 aliphatic carbocycles. The van der Waals surface area contributed by atoms with Gasteiger partial charge in [0, 0.05) is 7.14 Å². The summed E-state index contributed by atoms with van der Waals surface area (Å²) in [6.45, 7) is 2.52. The molecule has 0 aromatic heterocycles. The third-order valence-corrected chi connectivity index (χ3v) is 7.94. The Hall–Kier alpha value is -3.84. The molecular weight excluding hydrogens is 954 g/mol. The van der Waals surface area contributed by atoms with Gasteiger partial charge in [-0.05, 0) is 107 Å². The van der Waals surface area contributed by atoms with Crippen LogP contribution in [0.5, 0.6) is 0 Å². The van der Waals surface area contributed by atoms with E-state index in [9.17, 15) is 49.8 Å². The number of aliphatic hydroxyl groups is 2. The van der Waals surface area contributed by atoms with E-state index in [2.05, 4.69) is 15.5 Å². The number of carbonyl (C=O) groups is 2. The van der Waals surface area contributed by atoms with Gasteiger partial charge in [0.1, 0.15) is 24.8 Å². The molecule has 0 aliphatic heterocycles. The van der Waals surface area contributed by atoms with Crippen molar-refractivity contribution in [2.45, 2.75) is 32.5 Å². The highest BCUT2D eigenvalue weighted by atomic mass is 127. The summed E-state index contributed by atoms with van der Waals surface area (Å²) >= 11 is 3.71. The molecule has 53 heavy (non-hydrogen) atoms. The van der Waals surface area contributed by atoms with Crippen LogP contribution in [0.2, 0.25) is 0 Å². The van der Waals surface area contributed by atoms with Crippen LogP contribution in [0.15, 0.2) is 48.5 Å². The van der Waals surface area contributed by atoms with Gasteiger partial charge in [-0.3, -0.25) is 19.3 Å². The Kier molecular flexibility index (Phi) is 16.4. The van der Waals surface area contributed by atoms with Crippen LogP contribution in [-0.2, 0) is 9.68 Å². The first-order valence-electron chi connectivity index (χ1n) is 14.9. The topological polar surface area (TPSA) is 141 Å². The highest BCUT2D eigenvalue weighted by Crippen LogP contribution is 2.31. The fourth-order valence-corrected chi connectivity index (χ4v) is 4.81. The van der Waals surface area contributed by atoms with Crippen LogP contribution in [0.1, 0.15) is 41.0 Å². The second kappa shape index (κ2) is 20.0. The number of hydrogen-bond donors (Lipinski definition) is 6. The van der Waals surface area contributed by atoms with E-state index in [0.29, 0.717) is 25.7 Å². The number of nitrogens with one attached hydrogen (secondary N) is 4. The minimum Gasteiger partial charge on any atom is -0.391 e. The van der Waals surface area contributed by atoms with E-state index in [4.69, 9.17) is 9.94 Å². The normalized spacial score (nSPS) is 12.0. The second-order valence-electron chi connectivity index (χ2n) is 10.7. The molecule has 20 heteroatoms. The predicted molar refractivity (Wildman–Crippen MR) is 192 cm³/mol. The summed E-state index contributed by atoms with van der Waals surface area (Å²) in [5.74, 6) is -14.0. The monoisotopic (exact) mass is 982 g/mol. The van der Waals surface area contributed by atoms with Gasteiger partial charge in [0.05, 0.1) is 46.1 Å². The summed E-state index contributed by atoms with van der Waals surface area (Å²) in [5, 5.41) is 23.0. The average molecular weight is 982 g/mol. The lowest BCUT2D eigenvalue weighted by molar-refractivity contribution is -0.0133. The molecule has 6 N–H and O–H groups in total. The van der Waals surface area contributed by atoms with Gasteiger partial charge < -0.3 is 20.8 Å². The lowest BCUT2D eigenvalue weighted by Crippen LogP contribution is -2.29. The van der Waals surface area contributed by atoms with Crippen LogP contribution in [0.3, 0.4) is 0 Å². The van der Waals surface area contributed by atoms with Gasteiger partial charge in [0.15, 0.2) is 34.9 Å². The quantitative estimate of drug-likeness (QED) is 0.0348. The first kappa shape index (κ1) is 43.6. The molecule has 4 aromatic rings. The van der Waals surface area contributed by atoms with Crippen LogP contribution in [0.4, 0.5) is 57.9 Å². The molecule has 2 atom stereocenters. The van der Waals surface area contributed by atoms with Gasteiger partial charge in [0.25, 0.3) is 11.8 Å². The molecular formula is C33H28F8I2N4O6. The molecule has 0 saturated carbocycles. The zero-order valence-electron chi connectivity index (χ0n) is 27.2. The molecule has 2 unspecified atom stereocenters. The van der Waals surface area contributed by atoms with Crippen molar-refractivity contribution in [3.05, 3.63) is 113 Å². The summed E-state index contributed by atoms with van der Waals surface area (Å²) < 4.78 is 112. The summed E-state index contributed by atoms with van der Waals surface area (Å²) in [6, 6.07) is 8.68. The van der Waals surface area contributed by atoms with Gasteiger partial charge in [-0.2, -0.15) is 0 Å². The third-order valence-electron chi connectivity index (χ3n) is 6.60. The van der Waals surface area contributed by atoms with Gasteiger partial charge in [0.2, 0.25) is 0 Å². The van der Waals surface area contributed by atoms with Crippen molar-refractivity contribution in [1.82, 2.24) is 11.0 Å². The lowest BCUT2D eigenvalue weighted by Gasteiger charge is -2.15. The van der Waals surface area contributed by atoms with E-state index in [1.165, 1.54) is 31.2 Å². The Morgan fingerprint density at radius 3 is 1.40 bits per heavy atom. The predicted octanol–water partition coefficient (Wildman–Crippen LogP) is 7.66. The number of amides is 2. The van der Waals surface area contributed by atoms with E-state index in [1.807, 2.05) is 56.1 Å². The minimum absolute atomic E-state index is 0.239. The Morgan fingerprint density at radius 2 is 1.04 bits per heavy atom. The standard InChI is InChI=1S/C17H15F4IN2O3.C16H13F4IN2O3/c1-2-9(25)7-27-24-17(26)10-6-12(19)14(20)15(21)16(10)23-13-4-3-8(22)5-11(13)18;1-7(24)6-26-23-16(25)9-5-11(18)13(19)14(20)15(9)22-12-3-2-8(21)4-10(12)17/h3-6,9,23,25H,2,7H2,1H3,(H,24,26);2-5,7,22,24H,6H2,1H3,(H,23,25). The number of aliphatic hydroxyl groups excluding tert-OH is 2. The van der Waals surface area contributed by atoms with Crippen molar-refractivity contribution in [3.63, 3.8) is 0 Å². The van der Waals surface area contributed by atoms with Gasteiger partial charge in [-0.15, -0.1) is 0 Å². The second-order valence-corrected chi connectivity index (χ2v) is 13.2. The first-order chi connectivity index (χ1) is 24.9. The lowest BCUT2D eigenvalue weighted by atomic mass is 10.1. The molecule has 0 fully saturated rings. The molecule has 0 saturated heterocycles. The van der Waals surface area contributed by atoms with E-state index >= 15 is 0 Å². The van der Waals surface area contributed by atoms with E-state index in [0.717, 1.165) is 12.1 Å². The van der Waals surface area contributed by atoms with Crippen molar-refractivity contribution in [1.29, 1.82) is 0 Å². The van der Waals surface area contributed by atoms with Crippen LogP contribution in [0.25, 0.3) is 0 Å². The molecule has 0 bridgehead atoms. The molecule has 4 rings (SSSR count). The number of hydrogen-bond acceptors (Lipinski definition) is 8. The highest BCUT2D eigenvalue weighted by Gasteiger charge is 2.26. The van der Waals surface area contributed by atoms with Crippen molar-refractivity contribution in [2.24, 2.45) is 0 Å². The largest absolute Gasteiger partial charge is 0.391 e. The maximum atomic E-state index is 14.2. The van der Waals surface area contributed by atoms with E-state index < -0.39 is 93.1 Å². The fourth-order valence-electron chi connectivity index (χ4n) is 3.90. The molecule has 10 nitrogen and oxygen atoms in total. The average Bonchev–Trinajstić information content (AvgIpc) is 3.10. The molecule has 0 radical (unpaired) electrons. The SMILES string of the molecule is CC(O)CONC(=O)c1cc(F)c(F)c(F)c1Nc1ccc(I)cc1F.CCC(O)CONC(=O)c1cc(F)c(F)c(F)c1Nc1ccc(I)cc1F. The maximum absolute atomic E-state index is 14.2. The summed E-state index contributed by atoms with van der Waals surface area (Å²) in [6.07, 6.45) is -1.41. The summed E-state index contributed by atoms with van der Waals surface area (Å²) in [5.41, 5.74) is 0.471. The van der Waals surface area contributed by atoms with Gasteiger partial charge in [-0.1, -0.05) is 6.92 Å². The third kappa shape index (κ3) is 12.1. The Labute approximate surface area is 323 Å². The minimum atomic E-state index is -1.82. The van der Waals surface area contributed by atoms with Gasteiger partial charge in [-0.25, -0.2) is 46.1 Å². The van der Waals surface area contributed by atoms with E-state index in [-0.39, 0.29) is 24.6 Å². The molecule has 2 amide bonds. The van der Waals surface area contributed by atoms with Crippen molar-refractivity contribution in [2.75, 3.05) is 23.8 Å². The summed E-state index contributed by atoms with van der Waals surface area (Å²) in [7, 11) is 0. The van der Waals surface area contributed by atoms with Crippen LogP contribution in [0, 0.1) is 53.7 Å². The molecule has 0 aliphatic rings. The molecule has 286 valence electrons. The number of anilines is 4. The molecule has 0 spiro atoms. The number of hydroxylamine groups is 2. The van der Waals surface area contributed by atoms with Crippen molar-refractivity contribution < 1.29 is 64.6 Å². The van der Waals surface area contributed by atoms with Crippen molar-refractivity contribution in [3.8, 4) is 0 Å². The Morgan fingerprint density at radius 1 is 0.642 bits per heavy atom.